The summed E-state index contributed by atoms with van der Waals surface area (Å²) >= 11 is 0. The maximum absolute atomic E-state index is 12.9. The molecule has 0 saturated carbocycles. The van der Waals surface area contributed by atoms with Crippen molar-refractivity contribution in [2.45, 2.75) is 58.0 Å². The van der Waals surface area contributed by atoms with Crippen molar-refractivity contribution in [1.82, 2.24) is 10.2 Å². The van der Waals surface area contributed by atoms with Crippen LogP contribution in [-0.2, 0) is 4.79 Å². The summed E-state index contributed by atoms with van der Waals surface area (Å²) < 4.78 is 5.81. The van der Waals surface area contributed by atoms with Crippen molar-refractivity contribution in [2.75, 3.05) is 13.1 Å². The lowest BCUT2D eigenvalue weighted by atomic mass is 9.90. The van der Waals surface area contributed by atoms with E-state index in [1.807, 2.05) is 19.1 Å². The number of nitrogens with one attached hydrogen (secondary N) is 1. The first-order chi connectivity index (χ1) is 10.1. The Hall–Kier alpha value is -1.00. The molecule has 3 atom stereocenters. The molecule has 0 radical (unpaired) electrons. The van der Waals surface area contributed by atoms with E-state index in [1.54, 1.807) is 0 Å². The van der Waals surface area contributed by atoms with Crippen molar-refractivity contribution < 1.29 is 9.21 Å². The van der Waals surface area contributed by atoms with E-state index in [0.29, 0.717) is 11.9 Å². The van der Waals surface area contributed by atoms with E-state index in [-0.39, 0.29) is 24.4 Å². The molecule has 0 aromatic carbocycles. The Bertz CT molecular complexity index is 503. The highest BCUT2D eigenvalue weighted by Gasteiger charge is 2.35. The standard InChI is InChI=1S/C17H26N2O2.ClH/c1-12-11-14(8-9-18-12)17(20)19-10-4-3-5-15(19)16-7-6-13(2)21-16;/h6-7,12,14-15,18H,3-5,8-11H2,1-2H3;1H/t12-,14-,15?;/m0./s1. The SMILES string of the molecule is Cc1ccc(C2CCCCN2C(=O)[C@H]2CCN[C@@H](C)C2)o1.Cl. The highest BCUT2D eigenvalue weighted by Crippen LogP contribution is 2.34. The van der Waals surface area contributed by atoms with E-state index >= 15 is 0 Å². The molecule has 3 heterocycles. The smallest absolute Gasteiger partial charge is 0.226 e. The Labute approximate surface area is 139 Å². The molecule has 0 aliphatic carbocycles. The van der Waals surface area contributed by atoms with Crippen LogP contribution in [-0.4, -0.2) is 29.9 Å². The predicted octanol–water partition coefficient (Wildman–Crippen LogP) is 3.45. The number of nitrogens with zero attached hydrogens (tertiary/aromatic N) is 1. The van der Waals surface area contributed by atoms with E-state index in [0.717, 1.165) is 50.3 Å². The summed E-state index contributed by atoms with van der Waals surface area (Å²) in [4.78, 5) is 15.0. The van der Waals surface area contributed by atoms with Crippen LogP contribution in [0, 0.1) is 12.8 Å². The third-order valence-electron chi connectivity index (χ3n) is 4.85. The lowest BCUT2D eigenvalue weighted by molar-refractivity contribution is -0.141. The predicted molar refractivity (Wildman–Crippen MR) is 89.2 cm³/mol. The maximum atomic E-state index is 12.9. The first-order valence-corrected chi connectivity index (χ1v) is 8.25. The summed E-state index contributed by atoms with van der Waals surface area (Å²) in [5, 5.41) is 3.43. The number of aryl methyl sites for hydroxylation is 1. The minimum atomic E-state index is 0. The van der Waals surface area contributed by atoms with E-state index in [1.165, 1.54) is 6.42 Å². The van der Waals surface area contributed by atoms with E-state index < -0.39 is 0 Å². The minimum absolute atomic E-state index is 0. The molecule has 4 nitrogen and oxygen atoms in total. The van der Waals surface area contributed by atoms with Crippen molar-refractivity contribution in [1.29, 1.82) is 0 Å². The third kappa shape index (κ3) is 3.66. The van der Waals surface area contributed by atoms with Crippen LogP contribution >= 0.6 is 12.4 Å². The Kier molecular flexibility index (Phi) is 5.93. The summed E-state index contributed by atoms with van der Waals surface area (Å²) in [6.45, 7) is 5.97. The molecule has 2 aliphatic rings. The van der Waals surface area contributed by atoms with Crippen molar-refractivity contribution >= 4 is 18.3 Å². The van der Waals surface area contributed by atoms with Gasteiger partial charge in [0.25, 0.3) is 0 Å². The molecule has 2 fully saturated rings. The summed E-state index contributed by atoms with van der Waals surface area (Å²) in [5.41, 5.74) is 0. The second kappa shape index (κ2) is 7.51. The second-order valence-corrected chi connectivity index (χ2v) is 6.57. The number of likely N-dealkylation sites (tertiary alicyclic amines) is 1. The van der Waals surface area contributed by atoms with Gasteiger partial charge in [-0.15, -0.1) is 12.4 Å². The maximum Gasteiger partial charge on any atom is 0.226 e. The molecular formula is C17H27ClN2O2. The molecule has 1 N–H and O–H groups in total. The highest BCUT2D eigenvalue weighted by molar-refractivity contribution is 5.85. The number of hydrogen-bond donors (Lipinski definition) is 1. The first kappa shape index (κ1) is 17.4. The molecule has 1 amide bonds. The lowest BCUT2D eigenvalue weighted by Crippen LogP contribution is -2.46. The zero-order chi connectivity index (χ0) is 14.8. The first-order valence-electron chi connectivity index (χ1n) is 8.25. The van der Waals surface area contributed by atoms with Gasteiger partial charge in [0, 0.05) is 18.5 Å². The minimum Gasteiger partial charge on any atom is -0.464 e. The quantitative estimate of drug-likeness (QED) is 0.905. The molecule has 2 saturated heterocycles. The highest BCUT2D eigenvalue weighted by atomic mass is 35.5. The number of piperidine rings is 2. The van der Waals surface area contributed by atoms with Crippen LogP contribution in [0.4, 0.5) is 0 Å². The molecule has 2 aliphatic heterocycles. The van der Waals surface area contributed by atoms with Gasteiger partial charge in [-0.2, -0.15) is 0 Å². The summed E-state index contributed by atoms with van der Waals surface area (Å²) in [6, 6.07) is 4.63. The average molecular weight is 327 g/mol. The molecule has 0 bridgehead atoms. The summed E-state index contributed by atoms with van der Waals surface area (Å²) in [6.07, 6.45) is 5.24. The molecule has 1 aromatic heterocycles. The van der Waals surface area contributed by atoms with Gasteiger partial charge in [-0.1, -0.05) is 0 Å². The zero-order valence-corrected chi connectivity index (χ0v) is 14.3. The van der Waals surface area contributed by atoms with Gasteiger partial charge in [-0.25, -0.2) is 0 Å². The fourth-order valence-electron chi connectivity index (χ4n) is 3.71. The van der Waals surface area contributed by atoms with Crippen LogP contribution < -0.4 is 5.32 Å². The monoisotopic (exact) mass is 326 g/mol. The average Bonchev–Trinajstić information content (AvgIpc) is 2.93. The van der Waals surface area contributed by atoms with Gasteiger partial charge in [0.2, 0.25) is 5.91 Å². The van der Waals surface area contributed by atoms with E-state index in [2.05, 4.69) is 17.1 Å². The fraction of sp³-hybridized carbons (Fsp3) is 0.706. The molecular weight excluding hydrogens is 300 g/mol. The molecule has 124 valence electrons. The van der Waals surface area contributed by atoms with Gasteiger partial charge in [-0.3, -0.25) is 4.79 Å². The Morgan fingerprint density at radius 3 is 2.82 bits per heavy atom. The van der Waals surface area contributed by atoms with Gasteiger partial charge in [0.1, 0.15) is 11.5 Å². The largest absolute Gasteiger partial charge is 0.464 e. The van der Waals surface area contributed by atoms with Crippen LogP contribution in [0.15, 0.2) is 16.5 Å². The molecule has 1 unspecified atom stereocenters. The molecule has 3 rings (SSSR count). The van der Waals surface area contributed by atoms with Crippen molar-refractivity contribution in [2.24, 2.45) is 5.92 Å². The van der Waals surface area contributed by atoms with Gasteiger partial charge < -0.3 is 14.6 Å². The third-order valence-corrected chi connectivity index (χ3v) is 4.85. The topological polar surface area (TPSA) is 45.5 Å². The van der Waals surface area contributed by atoms with Crippen molar-refractivity contribution in [3.8, 4) is 0 Å². The number of halogens is 1. The zero-order valence-electron chi connectivity index (χ0n) is 13.5. The number of rotatable bonds is 2. The second-order valence-electron chi connectivity index (χ2n) is 6.57. The Balaban J connectivity index is 0.00000176. The number of carbonyl (C=O) groups is 1. The van der Waals surface area contributed by atoms with Gasteiger partial charge in [0.15, 0.2) is 0 Å². The van der Waals surface area contributed by atoms with Gasteiger partial charge in [0.05, 0.1) is 6.04 Å². The van der Waals surface area contributed by atoms with Gasteiger partial charge >= 0.3 is 0 Å². The Morgan fingerprint density at radius 2 is 2.14 bits per heavy atom. The normalized spacial score (nSPS) is 29.0. The van der Waals surface area contributed by atoms with Crippen LogP contribution in [0.3, 0.4) is 0 Å². The van der Waals surface area contributed by atoms with Crippen LogP contribution in [0.2, 0.25) is 0 Å². The Morgan fingerprint density at radius 1 is 1.32 bits per heavy atom. The number of furan rings is 1. The number of carbonyl (C=O) groups excluding carboxylic acids is 1. The fourth-order valence-corrected chi connectivity index (χ4v) is 3.71. The molecule has 0 spiro atoms. The van der Waals surface area contributed by atoms with Crippen molar-refractivity contribution in [3.63, 3.8) is 0 Å². The number of amides is 1. The van der Waals surface area contributed by atoms with Crippen LogP contribution in [0.1, 0.15) is 56.6 Å². The molecule has 1 aromatic rings. The molecule has 22 heavy (non-hydrogen) atoms. The van der Waals surface area contributed by atoms with Crippen molar-refractivity contribution in [3.05, 3.63) is 23.7 Å². The number of hydrogen-bond acceptors (Lipinski definition) is 3. The van der Waals surface area contributed by atoms with Crippen LogP contribution in [0.25, 0.3) is 0 Å². The summed E-state index contributed by atoms with van der Waals surface area (Å²) in [7, 11) is 0. The van der Waals surface area contributed by atoms with E-state index in [4.69, 9.17) is 4.42 Å². The van der Waals surface area contributed by atoms with Gasteiger partial charge in [-0.05, 0) is 64.6 Å². The van der Waals surface area contributed by atoms with E-state index in [9.17, 15) is 4.79 Å². The molecule has 5 heteroatoms. The summed E-state index contributed by atoms with van der Waals surface area (Å²) in [5.74, 6) is 2.40. The lowest BCUT2D eigenvalue weighted by Gasteiger charge is -2.38. The van der Waals surface area contributed by atoms with Crippen LogP contribution in [0.5, 0.6) is 0 Å².